The molecule has 0 aliphatic rings. The molecular weight excluding hydrogens is 286 g/mol. The number of aromatic nitrogens is 4. The standard InChI is InChI=1S/C18H11N5/c19-10-17-18(22-23-21-17)13-6-4-12(5-7-13)15-3-1-2-14-11-20-9-8-16(14)15/h1-9,11H,(H,21,22,23). The van der Waals surface area contributed by atoms with Crippen LogP contribution in [0.2, 0.25) is 0 Å². The largest absolute Gasteiger partial charge is 0.264 e. The molecule has 0 radical (unpaired) electrons. The van der Waals surface area contributed by atoms with E-state index in [0.29, 0.717) is 11.4 Å². The van der Waals surface area contributed by atoms with Crippen LogP contribution in [0, 0.1) is 11.3 Å². The molecule has 4 rings (SSSR count). The van der Waals surface area contributed by atoms with E-state index in [1.807, 2.05) is 42.6 Å². The fourth-order valence-corrected chi connectivity index (χ4v) is 2.69. The van der Waals surface area contributed by atoms with E-state index in [9.17, 15) is 0 Å². The van der Waals surface area contributed by atoms with Gasteiger partial charge in [0.2, 0.25) is 0 Å². The van der Waals surface area contributed by atoms with E-state index >= 15 is 0 Å². The predicted molar refractivity (Wildman–Crippen MR) is 87.3 cm³/mol. The molecule has 0 aliphatic heterocycles. The fraction of sp³-hybridized carbons (Fsp3) is 0. The molecule has 1 N–H and O–H groups in total. The average molecular weight is 297 g/mol. The summed E-state index contributed by atoms with van der Waals surface area (Å²) >= 11 is 0. The summed E-state index contributed by atoms with van der Waals surface area (Å²) in [7, 11) is 0. The van der Waals surface area contributed by atoms with E-state index in [4.69, 9.17) is 5.26 Å². The number of pyridine rings is 1. The summed E-state index contributed by atoms with van der Waals surface area (Å²) in [6.45, 7) is 0. The summed E-state index contributed by atoms with van der Waals surface area (Å²) in [5, 5.41) is 21.6. The second-order valence-electron chi connectivity index (χ2n) is 5.13. The maximum absolute atomic E-state index is 9.05. The third kappa shape index (κ3) is 2.23. The third-order valence-corrected chi connectivity index (χ3v) is 3.81. The van der Waals surface area contributed by atoms with Crippen LogP contribution in [0.3, 0.4) is 0 Å². The Kier molecular flexibility index (Phi) is 3.06. The van der Waals surface area contributed by atoms with Crippen LogP contribution in [0.1, 0.15) is 5.69 Å². The second-order valence-corrected chi connectivity index (χ2v) is 5.13. The van der Waals surface area contributed by atoms with Crippen molar-refractivity contribution in [2.45, 2.75) is 0 Å². The summed E-state index contributed by atoms with van der Waals surface area (Å²) in [5.41, 5.74) is 4.06. The number of H-pyrrole nitrogens is 1. The molecule has 2 aromatic carbocycles. The normalized spacial score (nSPS) is 10.6. The van der Waals surface area contributed by atoms with Crippen molar-refractivity contribution < 1.29 is 0 Å². The van der Waals surface area contributed by atoms with Crippen LogP contribution in [-0.2, 0) is 0 Å². The summed E-state index contributed by atoms with van der Waals surface area (Å²) < 4.78 is 0. The molecule has 4 aromatic rings. The van der Waals surface area contributed by atoms with Gasteiger partial charge in [0.25, 0.3) is 0 Å². The quantitative estimate of drug-likeness (QED) is 0.613. The number of fused-ring (bicyclic) bond motifs is 1. The molecule has 0 spiro atoms. The smallest absolute Gasteiger partial charge is 0.163 e. The zero-order valence-corrected chi connectivity index (χ0v) is 12.1. The molecular formula is C18H11N5. The molecule has 0 atom stereocenters. The van der Waals surface area contributed by atoms with Gasteiger partial charge in [0.15, 0.2) is 5.69 Å². The lowest BCUT2D eigenvalue weighted by Crippen LogP contribution is -1.85. The molecule has 5 heteroatoms. The summed E-state index contributed by atoms with van der Waals surface area (Å²) in [4.78, 5) is 4.17. The lowest BCUT2D eigenvalue weighted by molar-refractivity contribution is 0.937. The number of hydrogen-bond donors (Lipinski definition) is 1. The van der Waals surface area contributed by atoms with Crippen molar-refractivity contribution in [2.75, 3.05) is 0 Å². The Bertz CT molecular complexity index is 1020. The van der Waals surface area contributed by atoms with Crippen molar-refractivity contribution in [1.29, 1.82) is 5.26 Å². The molecule has 5 nitrogen and oxygen atoms in total. The maximum atomic E-state index is 9.05. The average Bonchev–Trinajstić information content (AvgIpc) is 3.10. The van der Waals surface area contributed by atoms with Crippen molar-refractivity contribution >= 4 is 10.8 Å². The molecule has 2 aromatic heterocycles. The topological polar surface area (TPSA) is 78.2 Å². The van der Waals surface area contributed by atoms with Crippen molar-refractivity contribution in [3.05, 3.63) is 66.6 Å². The van der Waals surface area contributed by atoms with Crippen LogP contribution in [-0.4, -0.2) is 20.4 Å². The second kappa shape index (κ2) is 5.35. The van der Waals surface area contributed by atoms with Crippen LogP contribution in [0.25, 0.3) is 33.2 Å². The van der Waals surface area contributed by atoms with E-state index in [1.54, 1.807) is 6.20 Å². The van der Waals surface area contributed by atoms with E-state index in [0.717, 1.165) is 27.5 Å². The molecule has 0 saturated carbocycles. The van der Waals surface area contributed by atoms with Gasteiger partial charge in [-0.1, -0.05) is 47.7 Å². The molecule has 0 aliphatic carbocycles. The lowest BCUT2D eigenvalue weighted by atomic mass is 9.98. The first kappa shape index (κ1) is 13.2. The number of nitrogens with one attached hydrogen (secondary N) is 1. The van der Waals surface area contributed by atoms with Gasteiger partial charge >= 0.3 is 0 Å². The van der Waals surface area contributed by atoms with E-state index < -0.39 is 0 Å². The Balaban J connectivity index is 1.81. The lowest BCUT2D eigenvalue weighted by Gasteiger charge is -2.07. The monoisotopic (exact) mass is 297 g/mol. The third-order valence-electron chi connectivity index (χ3n) is 3.81. The number of nitrogens with zero attached hydrogens (tertiary/aromatic N) is 4. The highest BCUT2D eigenvalue weighted by Crippen LogP contribution is 2.30. The number of aromatic amines is 1. The maximum Gasteiger partial charge on any atom is 0.163 e. The number of rotatable bonds is 2. The fourth-order valence-electron chi connectivity index (χ4n) is 2.69. The highest BCUT2D eigenvalue weighted by Gasteiger charge is 2.10. The van der Waals surface area contributed by atoms with Gasteiger partial charge in [-0.3, -0.25) is 4.98 Å². The molecule has 0 unspecified atom stereocenters. The zero-order valence-electron chi connectivity index (χ0n) is 12.1. The Morgan fingerprint density at radius 1 is 0.957 bits per heavy atom. The molecule has 0 saturated heterocycles. The first-order valence-corrected chi connectivity index (χ1v) is 7.11. The van der Waals surface area contributed by atoms with Crippen LogP contribution >= 0.6 is 0 Å². The molecule has 0 bridgehead atoms. The number of benzene rings is 2. The molecule has 2 heterocycles. The van der Waals surface area contributed by atoms with Gasteiger partial charge in [0.05, 0.1) is 0 Å². The van der Waals surface area contributed by atoms with Gasteiger partial charge in [-0.25, -0.2) is 5.10 Å². The van der Waals surface area contributed by atoms with Crippen LogP contribution in [0.5, 0.6) is 0 Å². The Morgan fingerprint density at radius 2 is 1.78 bits per heavy atom. The van der Waals surface area contributed by atoms with E-state index in [1.165, 1.54) is 0 Å². The Labute approximate surface area is 132 Å². The van der Waals surface area contributed by atoms with Crippen LogP contribution < -0.4 is 0 Å². The number of nitriles is 1. The minimum absolute atomic E-state index is 0.369. The molecule has 0 amide bonds. The van der Waals surface area contributed by atoms with Crippen molar-refractivity contribution in [3.63, 3.8) is 0 Å². The minimum atomic E-state index is 0.369. The summed E-state index contributed by atoms with van der Waals surface area (Å²) in [6, 6.07) is 18.2. The van der Waals surface area contributed by atoms with Gasteiger partial charge in [-0.2, -0.15) is 5.26 Å². The number of hydrogen-bond acceptors (Lipinski definition) is 4. The summed E-state index contributed by atoms with van der Waals surface area (Å²) in [5.74, 6) is 0. The Hall–Kier alpha value is -3.52. The predicted octanol–water partition coefficient (Wildman–Crippen LogP) is 3.56. The molecule has 23 heavy (non-hydrogen) atoms. The molecule has 0 fully saturated rings. The highest BCUT2D eigenvalue weighted by molar-refractivity contribution is 5.96. The SMILES string of the molecule is N#Cc1[nH]nnc1-c1ccc(-c2cccc3cnccc23)cc1. The Morgan fingerprint density at radius 3 is 2.61 bits per heavy atom. The summed E-state index contributed by atoms with van der Waals surface area (Å²) in [6.07, 6.45) is 3.66. The van der Waals surface area contributed by atoms with Crippen LogP contribution in [0.4, 0.5) is 0 Å². The van der Waals surface area contributed by atoms with Crippen molar-refractivity contribution in [1.82, 2.24) is 20.4 Å². The zero-order chi connectivity index (χ0) is 15.6. The van der Waals surface area contributed by atoms with Crippen molar-refractivity contribution in [2.24, 2.45) is 0 Å². The highest BCUT2D eigenvalue weighted by atomic mass is 15.3. The van der Waals surface area contributed by atoms with Gasteiger partial charge in [0, 0.05) is 23.3 Å². The van der Waals surface area contributed by atoms with Crippen molar-refractivity contribution in [3.8, 4) is 28.5 Å². The first-order chi connectivity index (χ1) is 11.4. The molecule has 108 valence electrons. The van der Waals surface area contributed by atoms with Gasteiger partial charge in [-0.05, 0) is 22.6 Å². The van der Waals surface area contributed by atoms with Crippen LogP contribution in [0.15, 0.2) is 60.9 Å². The van der Waals surface area contributed by atoms with E-state index in [-0.39, 0.29) is 0 Å². The van der Waals surface area contributed by atoms with Gasteiger partial charge < -0.3 is 0 Å². The van der Waals surface area contributed by atoms with E-state index in [2.05, 4.69) is 38.6 Å². The minimum Gasteiger partial charge on any atom is -0.264 e. The first-order valence-electron chi connectivity index (χ1n) is 7.11. The van der Waals surface area contributed by atoms with Gasteiger partial charge in [-0.15, -0.1) is 5.10 Å². The van der Waals surface area contributed by atoms with Gasteiger partial charge in [0.1, 0.15) is 11.8 Å².